The van der Waals surface area contributed by atoms with Gasteiger partial charge in [-0.3, -0.25) is 0 Å². The van der Waals surface area contributed by atoms with E-state index in [1.807, 2.05) is 0 Å². The third-order valence-corrected chi connectivity index (χ3v) is 2.36. The van der Waals surface area contributed by atoms with Gasteiger partial charge in [0.25, 0.3) is 0 Å². The molecule has 0 atom stereocenters. The largest absolute Gasteiger partial charge is 0.477 e. The number of thiazole rings is 1. The predicted molar refractivity (Wildman–Crippen MR) is 44.5 cm³/mol. The fourth-order valence-electron chi connectivity index (χ4n) is 0.796. The molecule has 0 aliphatic rings. The van der Waals surface area contributed by atoms with E-state index < -0.39 is 5.97 Å². The number of carboxylic acids is 1. The molecule has 0 unspecified atom stereocenters. The van der Waals surface area contributed by atoms with Gasteiger partial charge < -0.3 is 5.11 Å². The Morgan fingerprint density at radius 3 is 2.92 bits per heavy atom. The van der Waals surface area contributed by atoms with Gasteiger partial charge in [0, 0.05) is 0 Å². The number of aromatic nitrogens is 4. The average Bonchev–Trinajstić information content (AvgIpc) is 2.75. The quantitative estimate of drug-likeness (QED) is 0.734. The summed E-state index contributed by atoms with van der Waals surface area (Å²) in [6, 6.07) is 0. The Morgan fingerprint density at radius 1 is 1.54 bits per heavy atom. The molecule has 0 fully saturated rings. The molecule has 2 N–H and O–H groups in total. The lowest BCUT2D eigenvalue weighted by molar-refractivity contribution is 0.0702. The zero-order valence-electron chi connectivity index (χ0n) is 6.26. The molecule has 0 amide bonds. The van der Waals surface area contributed by atoms with Gasteiger partial charge in [0.05, 0.1) is 12.4 Å². The Kier molecular flexibility index (Phi) is 1.78. The fourth-order valence-corrected chi connectivity index (χ4v) is 1.51. The number of nitrogens with zero attached hydrogens (tertiary/aromatic N) is 3. The first kappa shape index (κ1) is 7.87. The zero-order valence-corrected chi connectivity index (χ0v) is 7.08. The molecule has 2 aromatic rings. The predicted octanol–water partition coefficient (Wildman–Crippen LogP) is 0.626. The fraction of sp³-hybridized carbons (Fsp3) is 0. The van der Waals surface area contributed by atoms with Crippen molar-refractivity contribution >= 4 is 17.3 Å². The van der Waals surface area contributed by atoms with Gasteiger partial charge in [0.1, 0.15) is 15.6 Å². The Balaban J connectivity index is 2.39. The van der Waals surface area contributed by atoms with Crippen LogP contribution in [-0.2, 0) is 0 Å². The van der Waals surface area contributed by atoms with Gasteiger partial charge in [-0.25, -0.2) is 9.78 Å². The number of carbonyl (C=O) groups is 1. The van der Waals surface area contributed by atoms with Crippen LogP contribution in [0, 0.1) is 0 Å². The van der Waals surface area contributed by atoms with Crippen LogP contribution in [0.2, 0.25) is 0 Å². The first-order valence-electron chi connectivity index (χ1n) is 3.32. The summed E-state index contributed by atoms with van der Waals surface area (Å²) in [6.07, 6.45) is 2.79. The van der Waals surface area contributed by atoms with Gasteiger partial charge >= 0.3 is 5.97 Å². The summed E-state index contributed by atoms with van der Waals surface area (Å²) in [5.41, 5.74) is 0.553. The third kappa shape index (κ3) is 1.41. The summed E-state index contributed by atoms with van der Waals surface area (Å²) in [5, 5.41) is 19.0. The first-order valence-corrected chi connectivity index (χ1v) is 4.14. The lowest BCUT2D eigenvalue weighted by Crippen LogP contribution is -1.89. The SMILES string of the molecule is O=C(O)c1cnc(-c2cn[nH]n2)s1. The minimum Gasteiger partial charge on any atom is -0.477 e. The van der Waals surface area contributed by atoms with Crippen molar-refractivity contribution in [2.75, 3.05) is 0 Å². The molecule has 0 aliphatic carbocycles. The van der Waals surface area contributed by atoms with Crippen LogP contribution < -0.4 is 0 Å². The summed E-state index contributed by atoms with van der Waals surface area (Å²) >= 11 is 1.07. The van der Waals surface area contributed by atoms with E-state index in [2.05, 4.69) is 20.4 Å². The van der Waals surface area contributed by atoms with E-state index in [4.69, 9.17) is 5.11 Å². The van der Waals surface area contributed by atoms with Crippen molar-refractivity contribution in [2.45, 2.75) is 0 Å². The zero-order chi connectivity index (χ0) is 9.26. The highest BCUT2D eigenvalue weighted by Gasteiger charge is 2.11. The van der Waals surface area contributed by atoms with Crippen LogP contribution >= 0.6 is 11.3 Å². The van der Waals surface area contributed by atoms with Crippen LogP contribution in [0.15, 0.2) is 12.4 Å². The maximum Gasteiger partial charge on any atom is 0.347 e. The van der Waals surface area contributed by atoms with Crippen LogP contribution in [0.4, 0.5) is 0 Å². The minimum absolute atomic E-state index is 0.193. The lowest BCUT2D eigenvalue weighted by Gasteiger charge is -1.82. The summed E-state index contributed by atoms with van der Waals surface area (Å²) in [6.45, 7) is 0. The first-order chi connectivity index (χ1) is 6.27. The smallest absolute Gasteiger partial charge is 0.347 e. The molecule has 0 saturated heterocycles. The summed E-state index contributed by atoms with van der Waals surface area (Å²) in [7, 11) is 0. The maximum atomic E-state index is 10.5. The molecular weight excluding hydrogens is 192 g/mol. The second kappa shape index (κ2) is 2.94. The molecule has 7 heteroatoms. The standard InChI is InChI=1S/C6H4N4O2S/c11-6(12)4-2-7-5(13-4)3-1-8-10-9-3/h1-2H,(H,11,12)(H,8,9,10). The van der Waals surface area contributed by atoms with E-state index in [0.29, 0.717) is 10.7 Å². The van der Waals surface area contributed by atoms with Crippen LogP contribution in [0.1, 0.15) is 9.67 Å². The number of hydrogen-bond acceptors (Lipinski definition) is 5. The molecule has 66 valence electrons. The Bertz CT molecular complexity index is 422. The normalized spacial score (nSPS) is 10.2. The molecule has 13 heavy (non-hydrogen) atoms. The van der Waals surface area contributed by atoms with Gasteiger partial charge in [-0.05, 0) is 0 Å². The van der Waals surface area contributed by atoms with Crippen LogP contribution in [-0.4, -0.2) is 31.5 Å². The molecule has 6 nitrogen and oxygen atoms in total. The van der Waals surface area contributed by atoms with Crippen molar-refractivity contribution in [3.63, 3.8) is 0 Å². The molecule has 0 radical (unpaired) electrons. The number of carboxylic acid groups (broad SMARTS) is 1. The lowest BCUT2D eigenvalue weighted by atomic mass is 10.5. The number of hydrogen-bond donors (Lipinski definition) is 2. The van der Waals surface area contributed by atoms with E-state index in [-0.39, 0.29) is 4.88 Å². The van der Waals surface area contributed by atoms with Crippen molar-refractivity contribution in [2.24, 2.45) is 0 Å². The third-order valence-electron chi connectivity index (χ3n) is 1.35. The summed E-state index contributed by atoms with van der Waals surface area (Å²) in [4.78, 5) is 14.6. The molecule has 2 heterocycles. The maximum absolute atomic E-state index is 10.5. The van der Waals surface area contributed by atoms with E-state index in [9.17, 15) is 4.79 Å². The molecule has 2 aromatic heterocycles. The second-order valence-corrected chi connectivity index (χ2v) is 3.22. The van der Waals surface area contributed by atoms with Gasteiger partial charge in [0.2, 0.25) is 0 Å². The summed E-state index contributed by atoms with van der Waals surface area (Å²) in [5.74, 6) is -0.979. The van der Waals surface area contributed by atoms with E-state index >= 15 is 0 Å². The monoisotopic (exact) mass is 196 g/mol. The highest BCUT2D eigenvalue weighted by Crippen LogP contribution is 2.21. The van der Waals surface area contributed by atoms with Gasteiger partial charge in [0.15, 0.2) is 0 Å². The topological polar surface area (TPSA) is 91.8 Å². The Morgan fingerprint density at radius 2 is 2.38 bits per heavy atom. The van der Waals surface area contributed by atoms with Gasteiger partial charge in [-0.1, -0.05) is 0 Å². The molecule has 0 aliphatic heterocycles. The summed E-state index contributed by atoms with van der Waals surface area (Å²) < 4.78 is 0. The van der Waals surface area contributed by atoms with E-state index in [0.717, 1.165) is 11.3 Å². The van der Waals surface area contributed by atoms with Crippen LogP contribution in [0.3, 0.4) is 0 Å². The van der Waals surface area contributed by atoms with Crippen molar-refractivity contribution in [1.29, 1.82) is 0 Å². The van der Waals surface area contributed by atoms with Crippen molar-refractivity contribution in [3.05, 3.63) is 17.3 Å². The van der Waals surface area contributed by atoms with Crippen LogP contribution in [0.25, 0.3) is 10.7 Å². The van der Waals surface area contributed by atoms with Crippen molar-refractivity contribution in [1.82, 2.24) is 20.4 Å². The molecule has 0 bridgehead atoms. The number of aromatic amines is 1. The van der Waals surface area contributed by atoms with Gasteiger partial charge in [-0.2, -0.15) is 15.4 Å². The second-order valence-electron chi connectivity index (χ2n) is 2.19. The van der Waals surface area contributed by atoms with Gasteiger partial charge in [-0.15, -0.1) is 11.3 Å². The number of nitrogens with one attached hydrogen (secondary N) is 1. The van der Waals surface area contributed by atoms with Crippen LogP contribution in [0.5, 0.6) is 0 Å². The number of rotatable bonds is 2. The average molecular weight is 196 g/mol. The highest BCUT2D eigenvalue weighted by atomic mass is 32.1. The number of H-pyrrole nitrogens is 1. The Hall–Kier alpha value is -1.76. The molecule has 0 spiro atoms. The minimum atomic E-state index is -0.979. The molecule has 0 aromatic carbocycles. The van der Waals surface area contributed by atoms with E-state index in [1.54, 1.807) is 0 Å². The molecular formula is C6H4N4O2S. The number of aromatic carboxylic acids is 1. The molecule has 0 saturated carbocycles. The van der Waals surface area contributed by atoms with Crippen molar-refractivity contribution < 1.29 is 9.90 Å². The highest BCUT2D eigenvalue weighted by molar-refractivity contribution is 7.16. The van der Waals surface area contributed by atoms with E-state index in [1.165, 1.54) is 12.4 Å². The van der Waals surface area contributed by atoms with Crippen molar-refractivity contribution in [3.8, 4) is 10.7 Å². The Labute approximate surface area is 76.3 Å². The molecule has 2 rings (SSSR count).